The van der Waals surface area contributed by atoms with Gasteiger partial charge in [-0.3, -0.25) is 0 Å². The van der Waals surface area contributed by atoms with Crippen molar-refractivity contribution in [3.8, 4) is 0 Å². The van der Waals surface area contributed by atoms with Gasteiger partial charge in [-0.2, -0.15) is 35.5 Å². The molecule has 0 bridgehead atoms. The Balaban J connectivity index is 3.52. The highest BCUT2D eigenvalue weighted by Crippen LogP contribution is 2.36. The highest BCUT2D eigenvalue weighted by atomic mass is 32.2. The molecular formula is C18H25F5N2O2S. The Morgan fingerprint density at radius 2 is 1.32 bits per heavy atom. The van der Waals surface area contributed by atoms with Crippen molar-refractivity contribution < 1.29 is 30.4 Å². The molecule has 0 fully saturated rings. The first-order valence-corrected chi connectivity index (χ1v) is 10.2. The van der Waals surface area contributed by atoms with Gasteiger partial charge in [0.15, 0.2) is 0 Å². The highest BCUT2D eigenvalue weighted by Gasteiger charge is 2.56. The maximum atomic E-state index is 13.0. The van der Waals surface area contributed by atoms with E-state index in [1.54, 1.807) is 39.8 Å². The van der Waals surface area contributed by atoms with Crippen molar-refractivity contribution in [2.75, 3.05) is 0 Å². The van der Waals surface area contributed by atoms with Gasteiger partial charge < -0.3 is 0 Å². The number of rotatable bonds is 7. The number of nitrogens with one attached hydrogen (secondary N) is 1. The first-order chi connectivity index (χ1) is 12.5. The van der Waals surface area contributed by atoms with Crippen molar-refractivity contribution in [1.82, 2.24) is 4.83 Å². The maximum absolute atomic E-state index is 13.0. The largest absolute Gasteiger partial charge is 0.459 e. The molecule has 0 saturated heterocycles. The lowest BCUT2D eigenvalue weighted by molar-refractivity contribution is -0.247. The predicted octanol–water partition coefficient (Wildman–Crippen LogP) is 5.52. The summed E-state index contributed by atoms with van der Waals surface area (Å²) in [5.74, 6) is -5.60. The number of sulfonamides is 1. The van der Waals surface area contributed by atoms with E-state index < -0.39 is 28.3 Å². The summed E-state index contributed by atoms with van der Waals surface area (Å²) in [5.41, 5.74) is 1.79. The van der Waals surface area contributed by atoms with E-state index in [0.717, 1.165) is 5.56 Å². The fourth-order valence-electron chi connectivity index (χ4n) is 2.50. The second kappa shape index (κ2) is 8.34. The minimum absolute atomic E-state index is 0.114. The Morgan fingerprint density at radius 1 is 0.893 bits per heavy atom. The molecule has 1 N–H and O–H groups in total. The molecule has 1 aromatic carbocycles. The summed E-state index contributed by atoms with van der Waals surface area (Å²) in [4.78, 5) is 1.36. The molecule has 0 unspecified atom stereocenters. The van der Waals surface area contributed by atoms with Crippen LogP contribution >= 0.6 is 0 Å². The molecule has 160 valence electrons. The minimum atomic E-state index is -5.87. The van der Waals surface area contributed by atoms with Crippen LogP contribution in [0.5, 0.6) is 0 Å². The van der Waals surface area contributed by atoms with Crippen LogP contribution < -0.4 is 4.83 Å². The van der Waals surface area contributed by atoms with Crippen molar-refractivity contribution in [3.05, 3.63) is 28.8 Å². The van der Waals surface area contributed by atoms with Gasteiger partial charge in [0, 0.05) is 0 Å². The van der Waals surface area contributed by atoms with Crippen molar-refractivity contribution >= 4 is 16.2 Å². The molecule has 0 amide bonds. The lowest BCUT2D eigenvalue weighted by Crippen LogP contribution is -2.38. The molecule has 0 spiro atoms. The third kappa shape index (κ3) is 5.42. The predicted molar refractivity (Wildman–Crippen MR) is 98.5 cm³/mol. The summed E-state index contributed by atoms with van der Waals surface area (Å²) < 4.78 is 88.1. The number of halogens is 5. The van der Waals surface area contributed by atoms with Gasteiger partial charge >= 0.3 is 12.1 Å². The lowest BCUT2D eigenvalue weighted by Gasteiger charge is -2.22. The Morgan fingerprint density at radius 3 is 1.64 bits per heavy atom. The molecule has 0 heterocycles. The Kier molecular flexibility index (Phi) is 7.25. The number of nitrogens with zero attached hydrogens (tertiary/aromatic N) is 1. The van der Waals surface area contributed by atoms with Crippen LogP contribution in [0.4, 0.5) is 22.0 Å². The normalized spacial score (nSPS) is 13.9. The first-order valence-electron chi connectivity index (χ1n) is 8.69. The van der Waals surface area contributed by atoms with E-state index in [0.29, 0.717) is 11.1 Å². The highest BCUT2D eigenvalue weighted by molar-refractivity contribution is 7.89. The quantitative estimate of drug-likeness (QED) is 0.353. The summed E-state index contributed by atoms with van der Waals surface area (Å²) in [7, 11) is -4.47. The topological polar surface area (TPSA) is 58.5 Å². The zero-order chi connectivity index (χ0) is 22.1. The van der Waals surface area contributed by atoms with E-state index in [-0.39, 0.29) is 22.6 Å². The summed E-state index contributed by atoms with van der Waals surface area (Å²) in [5, 5.41) is 2.68. The molecule has 1 aromatic rings. The smallest absolute Gasteiger partial charge is 0.200 e. The van der Waals surface area contributed by atoms with Crippen LogP contribution in [0.25, 0.3) is 0 Å². The zero-order valence-corrected chi connectivity index (χ0v) is 17.3. The van der Waals surface area contributed by atoms with Crippen LogP contribution in [0.1, 0.15) is 76.0 Å². The molecule has 0 aromatic heterocycles. The van der Waals surface area contributed by atoms with Crippen LogP contribution in [-0.4, -0.2) is 26.7 Å². The maximum Gasteiger partial charge on any atom is 0.459 e. The van der Waals surface area contributed by atoms with E-state index in [1.807, 2.05) is 13.8 Å². The Hall–Kier alpha value is -1.71. The second-order valence-corrected chi connectivity index (χ2v) is 9.06. The molecule has 0 aliphatic heterocycles. The zero-order valence-electron chi connectivity index (χ0n) is 16.5. The van der Waals surface area contributed by atoms with E-state index in [4.69, 9.17) is 0 Å². The van der Waals surface area contributed by atoms with Crippen molar-refractivity contribution in [3.63, 3.8) is 0 Å². The monoisotopic (exact) mass is 428 g/mol. The number of hydrogen-bond acceptors (Lipinski definition) is 3. The van der Waals surface area contributed by atoms with Crippen molar-refractivity contribution in [2.24, 2.45) is 5.10 Å². The van der Waals surface area contributed by atoms with Crippen LogP contribution in [0.3, 0.4) is 0 Å². The fourth-order valence-corrected chi connectivity index (χ4v) is 3.99. The second-order valence-electron chi connectivity index (χ2n) is 7.47. The van der Waals surface area contributed by atoms with E-state index in [9.17, 15) is 30.4 Å². The van der Waals surface area contributed by atoms with Crippen LogP contribution in [0, 0.1) is 0 Å². The number of alkyl halides is 5. The third-order valence-electron chi connectivity index (χ3n) is 4.13. The molecule has 10 heteroatoms. The standard InChI is InChI=1S/C18H25F5N2O2S/c1-10(2)13-7-14(11(3)4)16(15(8-13)12(5)6)28(26,27)25-24-9-17(19,20)18(21,22)23/h7-12,25H,1-6H3/b24-9+. The first kappa shape index (κ1) is 24.3. The molecule has 4 nitrogen and oxygen atoms in total. The molecule has 1 rings (SSSR count). The van der Waals surface area contributed by atoms with Gasteiger partial charge in [0.1, 0.15) is 6.21 Å². The van der Waals surface area contributed by atoms with Gasteiger partial charge in [0.05, 0.1) is 4.90 Å². The molecule has 0 aliphatic rings. The molecule has 28 heavy (non-hydrogen) atoms. The summed E-state index contributed by atoms with van der Waals surface area (Å²) in [6, 6.07) is 3.42. The molecular weight excluding hydrogens is 403 g/mol. The third-order valence-corrected chi connectivity index (χ3v) is 5.48. The average molecular weight is 428 g/mol. The number of hydrazone groups is 1. The molecule has 0 aliphatic carbocycles. The molecule has 0 saturated carbocycles. The van der Waals surface area contributed by atoms with Crippen LogP contribution in [0.15, 0.2) is 22.1 Å². The van der Waals surface area contributed by atoms with E-state index >= 15 is 0 Å². The SMILES string of the molecule is CC(C)c1cc(C(C)C)c(S(=O)(=O)N/N=C/C(F)(F)C(F)(F)F)c(C(C)C)c1. The van der Waals surface area contributed by atoms with Crippen molar-refractivity contribution in [2.45, 2.75) is 76.3 Å². The number of hydrogen-bond donors (Lipinski definition) is 1. The Bertz CT molecular complexity index is 800. The number of benzene rings is 1. The summed E-state index contributed by atoms with van der Waals surface area (Å²) in [6.07, 6.45) is -6.62. The van der Waals surface area contributed by atoms with Crippen LogP contribution in [-0.2, 0) is 10.0 Å². The fraction of sp³-hybridized carbons (Fsp3) is 0.611. The molecule has 0 radical (unpaired) electrons. The van der Waals surface area contributed by atoms with Gasteiger partial charge in [0.2, 0.25) is 0 Å². The Labute approximate surface area is 162 Å². The average Bonchev–Trinajstić information content (AvgIpc) is 2.51. The summed E-state index contributed by atoms with van der Waals surface area (Å²) >= 11 is 0. The minimum Gasteiger partial charge on any atom is -0.200 e. The van der Waals surface area contributed by atoms with Gasteiger partial charge in [-0.15, -0.1) is 0 Å². The van der Waals surface area contributed by atoms with Crippen LogP contribution in [0.2, 0.25) is 0 Å². The molecule has 0 atom stereocenters. The summed E-state index contributed by atoms with van der Waals surface area (Å²) in [6.45, 7) is 11.0. The van der Waals surface area contributed by atoms with Crippen molar-refractivity contribution in [1.29, 1.82) is 0 Å². The van der Waals surface area contributed by atoms with Gasteiger partial charge in [-0.05, 0) is 34.4 Å². The van der Waals surface area contributed by atoms with E-state index in [2.05, 4.69) is 5.10 Å². The van der Waals surface area contributed by atoms with E-state index in [1.165, 1.54) is 4.83 Å². The van der Waals surface area contributed by atoms with Gasteiger partial charge in [-0.25, -0.2) is 4.83 Å². The lowest BCUT2D eigenvalue weighted by atomic mass is 9.89. The van der Waals surface area contributed by atoms with Gasteiger partial charge in [0.25, 0.3) is 10.0 Å². The van der Waals surface area contributed by atoms with Gasteiger partial charge in [-0.1, -0.05) is 53.7 Å².